The third kappa shape index (κ3) is 3.11. The van der Waals surface area contributed by atoms with Crippen LogP contribution in [-0.4, -0.2) is 23.4 Å². The van der Waals surface area contributed by atoms with E-state index in [0.29, 0.717) is 0 Å². The lowest BCUT2D eigenvalue weighted by Gasteiger charge is -2.21. The van der Waals surface area contributed by atoms with Crippen LogP contribution in [0.3, 0.4) is 0 Å². The molecule has 0 saturated heterocycles. The summed E-state index contributed by atoms with van der Waals surface area (Å²) in [5, 5.41) is 0.984. The SMILES string of the molecule is COc1ccc2c(c1)cc(C1=CCCC1)n2C(=O)OC(C)(C)C. The predicted octanol–water partition coefficient (Wildman–Crippen LogP) is 5.00. The van der Waals surface area contributed by atoms with E-state index in [1.807, 2.05) is 39.0 Å². The molecule has 3 rings (SSSR count). The van der Waals surface area contributed by atoms with Crippen molar-refractivity contribution in [3.8, 4) is 5.75 Å². The zero-order valence-electron chi connectivity index (χ0n) is 14.2. The first-order valence-electron chi connectivity index (χ1n) is 8.01. The van der Waals surface area contributed by atoms with E-state index < -0.39 is 5.60 Å². The molecule has 1 aromatic carbocycles. The molecule has 0 aliphatic heterocycles. The van der Waals surface area contributed by atoms with Gasteiger partial charge in [-0.2, -0.15) is 0 Å². The number of hydrogen-bond donors (Lipinski definition) is 0. The Balaban J connectivity index is 2.15. The highest BCUT2D eigenvalue weighted by molar-refractivity contribution is 5.95. The zero-order chi connectivity index (χ0) is 16.6. The van der Waals surface area contributed by atoms with Gasteiger partial charge in [0.15, 0.2) is 0 Å². The molecule has 0 radical (unpaired) electrons. The van der Waals surface area contributed by atoms with Gasteiger partial charge in [-0.25, -0.2) is 9.36 Å². The molecule has 1 aliphatic carbocycles. The van der Waals surface area contributed by atoms with Crippen molar-refractivity contribution in [2.75, 3.05) is 7.11 Å². The van der Waals surface area contributed by atoms with Gasteiger partial charge in [0.05, 0.1) is 18.3 Å². The van der Waals surface area contributed by atoms with E-state index in [1.54, 1.807) is 11.7 Å². The molecule has 0 unspecified atom stereocenters. The highest BCUT2D eigenvalue weighted by atomic mass is 16.6. The molecule has 0 N–H and O–H groups in total. The second kappa shape index (κ2) is 5.76. The van der Waals surface area contributed by atoms with Crippen LogP contribution in [0.15, 0.2) is 30.3 Å². The first kappa shape index (κ1) is 15.7. The molecule has 2 aromatic rings. The quantitative estimate of drug-likeness (QED) is 0.783. The van der Waals surface area contributed by atoms with Crippen molar-refractivity contribution < 1.29 is 14.3 Å². The molecule has 4 heteroatoms. The lowest BCUT2D eigenvalue weighted by molar-refractivity contribution is 0.0543. The number of ether oxygens (including phenoxy) is 2. The molecule has 122 valence electrons. The average Bonchev–Trinajstić information content (AvgIpc) is 3.11. The molecule has 0 amide bonds. The zero-order valence-corrected chi connectivity index (χ0v) is 14.2. The van der Waals surface area contributed by atoms with Crippen LogP contribution in [0.4, 0.5) is 4.79 Å². The van der Waals surface area contributed by atoms with Gasteiger partial charge >= 0.3 is 6.09 Å². The Kier molecular flexibility index (Phi) is 3.92. The third-order valence-electron chi connectivity index (χ3n) is 3.95. The second-order valence-corrected chi connectivity index (χ2v) is 6.89. The van der Waals surface area contributed by atoms with E-state index in [-0.39, 0.29) is 6.09 Å². The number of rotatable bonds is 2. The molecule has 0 fully saturated rings. The highest BCUT2D eigenvalue weighted by Crippen LogP contribution is 2.34. The lowest BCUT2D eigenvalue weighted by atomic mass is 10.1. The van der Waals surface area contributed by atoms with Crippen LogP contribution in [0, 0.1) is 0 Å². The van der Waals surface area contributed by atoms with Gasteiger partial charge in [0.1, 0.15) is 11.4 Å². The van der Waals surface area contributed by atoms with Gasteiger partial charge in [-0.1, -0.05) is 6.08 Å². The summed E-state index contributed by atoms with van der Waals surface area (Å²) < 4.78 is 12.6. The van der Waals surface area contributed by atoms with Crippen molar-refractivity contribution in [2.45, 2.75) is 45.6 Å². The summed E-state index contributed by atoms with van der Waals surface area (Å²) in [7, 11) is 1.65. The van der Waals surface area contributed by atoms with Gasteiger partial charge in [0.2, 0.25) is 0 Å². The van der Waals surface area contributed by atoms with Crippen LogP contribution in [-0.2, 0) is 4.74 Å². The molecule has 0 atom stereocenters. The van der Waals surface area contributed by atoms with Crippen molar-refractivity contribution in [3.63, 3.8) is 0 Å². The van der Waals surface area contributed by atoms with Crippen LogP contribution < -0.4 is 4.74 Å². The molecule has 4 nitrogen and oxygen atoms in total. The van der Waals surface area contributed by atoms with Crippen molar-refractivity contribution in [3.05, 3.63) is 36.0 Å². The minimum absolute atomic E-state index is 0.333. The summed E-state index contributed by atoms with van der Waals surface area (Å²) in [6.07, 6.45) is 5.08. The number of nitrogens with zero attached hydrogens (tertiary/aromatic N) is 1. The number of hydrogen-bond acceptors (Lipinski definition) is 3. The Morgan fingerprint density at radius 2 is 2.00 bits per heavy atom. The topological polar surface area (TPSA) is 40.5 Å². The summed E-state index contributed by atoms with van der Waals surface area (Å²) in [6.45, 7) is 5.65. The number of methoxy groups -OCH3 is 1. The number of allylic oxidation sites excluding steroid dienone is 2. The van der Waals surface area contributed by atoms with Gasteiger partial charge in [0.25, 0.3) is 0 Å². The first-order valence-corrected chi connectivity index (χ1v) is 8.01. The van der Waals surface area contributed by atoms with Crippen molar-refractivity contribution in [1.82, 2.24) is 4.57 Å². The van der Waals surface area contributed by atoms with E-state index >= 15 is 0 Å². The first-order chi connectivity index (χ1) is 10.9. The Labute approximate surface area is 136 Å². The number of fused-ring (bicyclic) bond motifs is 1. The maximum Gasteiger partial charge on any atom is 0.419 e. The number of benzene rings is 1. The number of carbonyl (C=O) groups excluding carboxylic acids is 1. The van der Waals surface area contributed by atoms with Crippen molar-refractivity contribution >= 4 is 22.6 Å². The summed E-state index contributed by atoms with van der Waals surface area (Å²) in [5.74, 6) is 0.783. The van der Waals surface area contributed by atoms with Crippen LogP contribution >= 0.6 is 0 Å². The second-order valence-electron chi connectivity index (χ2n) is 6.89. The Bertz CT molecular complexity index is 778. The van der Waals surface area contributed by atoms with E-state index in [9.17, 15) is 4.79 Å². The summed E-state index contributed by atoms with van der Waals surface area (Å²) in [6, 6.07) is 7.79. The summed E-state index contributed by atoms with van der Waals surface area (Å²) >= 11 is 0. The monoisotopic (exact) mass is 313 g/mol. The summed E-state index contributed by atoms with van der Waals surface area (Å²) in [5.41, 5.74) is 2.47. The molecule has 23 heavy (non-hydrogen) atoms. The fourth-order valence-electron chi connectivity index (χ4n) is 2.96. The van der Waals surface area contributed by atoms with Crippen LogP contribution in [0.5, 0.6) is 5.75 Å². The maximum atomic E-state index is 12.7. The third-order valence-corrected chi connectivity index (χ3v) is 3.95. The molecule has 0 spiro atoms. The minimum Gasteiger partial charge on any atom is -0.497 e. The average molecular weight is 313 g/mol. The lowest BCUT2D eigenvalue weighted by Crippen LogP contribution is -2.27. The van der Waals surface area contributed by atoms with E-state index in [2.05, 4.69) is 12.1 Å². The fraction of sp³-hybridized carbons (Fsp3) is 0.421. The van der Waals surface area contributed by atoms with E-state index in [4.69, 9.17) is 9.47 Å². The van der Waals surface area contributed by atoms with Gasteiger partial charge in [-0.05, 0) is 69.9 Å². The minimum atomic E-state index is -0.526. The largest absolute Gasteiger partial charge is 0.497 e. The Morgan fingerprint density at radius 1 is 1.22 bits per heavy atom. The smallest absolute Gasteiger partial charge is 0.419 e. The molecular weight excluding hydrogens is 290 g/mol. The molecule has 1 aliphatic rings. The molecule has 0 bridgehead atoms. The van der Waals surface area contributed by atoms with Gasteiger partial charge in [-0.3, -0.25) is 0 Å². The standard InChI is InChI=1S/C19H23NO3/c1-19(2,3)23-18(21)20-16-10-9-15(22-4)11-14(16)12-17(20)13-7-5-6-8-13/h7,9-12H,5-6,8H2,1-4H3. The number of aromatic nitrogens is 1. The summed E-state index contributed by atoms with van der Waals surface area (Å²) in [4.78, 5) is 12.7. The predicted molar refractivity (Wildman–Crippen MR) is 92.0 cm³/mol. The van der Waals surface area contributed by atoms with E-state index in [0.717, 1.165) is 41.6 Å². The molecular formula is C19H23NO3. The maximum absolute atomic E-state index is 12.7. The van der Waals surface area contributed by atoms with Crippen molar-refractivity contribution in [1.29, 1.82) is 0 Å². The molecule has 1 heterocycles. The van der Waals surface area contributed by atoms with Crippen LogP contribution in [0.25, 0.3) is 16.5 Å². The van der Waals surface area contributed by atoms with Crippen molar-refractivity contribution in [2.24, 2.45) is 0 Å². The molecule has 1 aromatic heterocycles. The fourth-order valence-corrected chi connectivity index (χ4v) is 2.96. The van der Waals surface area contributed by atoms with E-state index in [1.165, 1.54) is 5.57 Å². The van der Waals surface area contributed by atoms with Crippen LogP contribution in [0.2, 0.25) is 0 Å². The normalized spacial score (nSPS) is 14.9. The Hall–Kier alpha value is -2.23. The Morgan fingerprint density at radius 3 is 2.61 bits per heavy atom. The van der Waals surface area contributed by atoms with Gasteiger partial charge in [-0.15, -0.1) is 0 Å². The number of carbonyl (C=O) groups is 1. The van der Waals surface area contributed by atoms with Gasteiger partial charge < -0.3 is 9.47 Å². The van der Waals surface area contributed by atoms with Crippen LogP contribution in [0.1, 0.15) is 45.7 Å². The highest BCUT2D eigenvalue weighted by Gasteiger charge is 2.24. The van der Waals surface area contributed by atoms with Gasteiger partial charge in [0, 0.05) is 5.39 Å². The molecule has 0 saturated carbocycles.